The van der Waals surface area contributed by atoms with Crippen LogP contribution in [0.4, 0.5) is 10.5 Å². The summed E-state index contributed by atoms with van der Waals surface area (Å²) in [6.07, 6.45) is 9.19. The van der Waals surface area contributed by atoms with Gasteiger partial charge in [-0.15, -0.1) is 0 Å². The first-order chi connectivity index (χ1) is 18.1. The number of ether oxygens (including phenoxy) is 1. The summed E-state index contributed by atoms with van der Waals surface area (Å²) in [5.41, 5.74) is 4.27. The van der Waals surface area contributed by atoms with Gasteiger partial charge in [-0.2, -0.15) is 5.26 Å². The molecule has 8 heteroatoms. The highest BCUT2D eigenvalue weighted by atomic mass is 16.5. The van der Waals surface area contributed by atoms with E-state index in [9.17, 15) is 10.1 Å². The molecule has 6 rings (SSSR count). The molecule has 0 radical (unpaired) electrons. The van der Waals surface area contributed by atoms with E-state index in [-0.39, 0.29) is 12.1 Å². The Hall–Kier alpha value is -4.25. The number of imidazole rings is 1. The summed E-state index contributed by atoms with van der Waals surface area (Å²) in [6, 6.07) is 16.5. The van der Waals surface area contributed by atoms with Crippen molar-refractivity contribution in [2.24, 2.45) is 5.92 Å². The predicted molar refractivity (Wildman–Crippen MR) is 142 cm³/mol. The van der Waals surface area contributed by atoms with E-state index in [1.54, 1.807) is 12.4 Å². The van der Waals surface area contributed by atoms with Gasteiger partial charge in [-0.1, -0.05) is 12.1 Å². The minimum Gasteiger partial charge on any atom is -0.486 e. The SMILES string of the molecule is CC(NC(=O)Nc1ccc(-c2c(C#N)c3ccc(OCc4ncc[nH]4)cc3n2C2CCC2)cc1)C1CC1. The fourth-order valence-electron chi connectivity index (χ4n) is 5.13. The van der Waals surface area contributed by atoms with Crippen LogP contribution in [0.3, 0.4) is 0 Å². The number of nitrogens with one attached hydrogen (secondary N) is 3. The number of nitrogens with zero attached hydrogens (tertiary/aromatic N) is 3. The summed E-state index contributed by atoms with van der Waals surface area (Å²) in [6.45, 7) is 2.40. The van der Waals surface area contributed by atoms with E-state index in [1.807, 2.05) is 42.5 Å². The van der Waals surface area contributed by atoms with Crippen molar-refractivity contribution in [3.63, 3.8) is 0 Å². The van der Waals surface area contributed by atoms with Crippen molar-refractivity contribution >= 4 is 22.6 Å². The zero-order chi connectivity index (χ0) is 25.4. The molecule has 8 nitrogen and oxygen atoms in total. The summed E-state index contributed by atoms with van der Waals surface area (Å²) in [5.74, 6) is 2.10. The highest BCUT2D eigenvalue weighted by Gasteiger charge is 2.29. The Labute approximate surface area is 215 Å². The van der Waals surface area contributed by atoms with Crippen molar-refractivity contribution in [1.82, 2.24) is 19.9 Å². The normalized spacial score (nSPS) is 16.1. The van der Waals surface area contributed by atoms with Crippen molar-refractivity contribution in [3.05, 3.63) is 66.2 Å². The first-order valence-electron chi connectivity index (χ1n) is 13.0. The Balaban J connectivity index is 1.30. The fourth-order valence-corrected chi connectivity index (χ4v) is 5.13. The maximum atomic E-state index is 12.4. The first-order valence-corrected chi connectivity index (χ1v) is 13.0. The van der Waals surface area contributed by atoms with Gasteiger partial charge >= 0.3 is 6.03 Å². The summed E-state index contributed by atoms with van der Waals surface area (Å²) < 4.78 is 8.31. The monoisotopic (exact) mass is 494 g/mol. The molecule has 2 amide bonds. The number of H-pyrrole nitrogens is 1. The van der Waals surface area contributed by atoms with Gasteiger partial charge in [0.1, 0.15) is 24.3 Å². The van der Waals surface area contributed by atoms with Crippen LogP contribution in [-0.2, 0) is 6.61 Å². The van der Waals surface area contributed by atoms with Crippen LogP contribution >= 0.6 is 0 Å². The molecule has 2 aliphatic rings. The molecule has 2 saturated carbocycles. The van der Waals surface area contributed by atoms with Crippen LogP contribution in [0, 0.1) is 17.2 Å². The molecular weight excluding hydrogens is 464 g/mol. The lowest BCUT2D eigenvalue weighted by Crippen LogP contribution is -2.37. The molecule has 2 heterocycles. The number of aromatic nitrogens is 3. The molecule has 0 spiro atoms. The van der Waals surface area contributed by atoms with E-state index in [1.165, 1.54) is 19.3 Å². The average molecular weight is 495 g/mol. The highest BCUT2D eigenvalue weighted by Crippen LogP contribution is 2.43. The number of hydrogen-bond acceptors (Lipinski definition) is 4. The van der Waals surface area contributed by atoms with Crippen LogP contribution < -0.4 is 15.4 Å². The Morgan fingerprint density at radius 1 is 1.22 bits per heavy atom. The topological polar surface area (TPSA) is 108 Å². The summed E-state index contributed by atoms with van der Waals surface area (Å²) in [4.78, 5) is 19.7. The van der Waals surface area contributed by atoms with Crippen molar-refractivity contribution in [3.8, 4) is 23.1 Å². The largest absolute Gasteiger partial charge is 0.486 e. The number of rotatable bonds is 8. The second kappa shape index (κ2) is 9.66. The number of anilines is 1. The number of carbonyl (C=O) groups excluding carboxylic acids is 1. The third-order valence-electron chi connectivity index (χ3n) is 7.56. The number of carbonyl (C=O) groups is 1. The van der Waals surface area contributed by atoms with Crippen LogP contribution in [0.1, 0.15) is 56.5 Å². The van der Waals surface area contributed by atoms with E-state index in [4.69, 9.17) is 4.74 Å². The predicted octanol–water partition coefficient (Wildman–Crippen LogP) is 6.13. The van der Waals surface area contributed by atoms with Crippen LogP contribution in [0.15, 0.2) is 54.9 Å². The first kappa shape index (κ1) is 23.2. The Kier molecular flexibility index (Phi) is 6.05. The second-order valence-electron chi connectivity index (χ2n) is 10.1. The lowest BCUT2D eigenvalue weighted by molar-refractivity contribution is 0.248. The molecule has 1 unspecified atom stereocenters. The second-order valence-corrected chi connectivity index (χ2v) is 10.1. The Morgan fingerprint density at radius 2 is 2.03 bits per heavy atom. The number of benzene rings is 2. The lowest BCUT2D eigenvalue weighted by atomic mass is 9.92. The molecule has 0 saturated heterocycles. The van der Waals surface area contributed by atoms with Gasteiger partial charge in [0.2, 0.25) is 0 Å². The molecule has 0 aliphatic heterocycles. The average Bonchev–Trinajstić information content (AvgIpc) is 3.51. The fraction of sp³-hybridized carbons (Fsp3) is 0.345. The molecule has 2 fully saturated rings. The smallest absolute Gasteiger partial charge is 0.319 e. The van der Waals surface area contributed by atoms with E-state index < -0.39 is 0 Å². The van der Waals surface area contributed by atoms with Gasteiger partial charge in [0, 0.05) is 41.6 Å². The van der Waals surface area contributed by atoms with Gasteiger partial charge in [0.25, 0.3) is 0 Å². The molecule has 4 aromatic rings. The van der Waals surface area contributed by atoms with Crippen LogP contribution in [0.2, 0.25) is 0 Å². The number of nitriles is 1. The van der Waals surface area contributed by atoms with Gasteiger partial charge < -0.3 is 24.9 Å². The van der Waals surface area contributed by atoms with Crippen molar-refractivity contribution in [1.29, 1.82) is 5.26 Å². The standard InChI is InChI=1S/C29H30N6O2/c1-18(19-5-6-19)33-29(36)34-21-9-7-20(8-10-21)28-25(16-30)24-12-11-23(37-17-27-31-13-14-32-27)15-26(24)35(28)22-3-2-4-22/h7-15,18-19,22H,2-6,17H2,1H3,(H,31,32)(H2,33,34,36). The number of fused-ring (bicyclic) bond motifs is 1. The molecule has 2 aromatic carbocycles. The minimum absolute atomic E-state index is 0.184. The molecule has 0 bridgehead atoms. The third kappa shape index (κ3) is 4.65. The van der Waals surface area contributed by atoms with Crippen LogP contribution in [0.25, 0.3) is 22.2 Å². The van der Waals surface area contributed by atoms with Gasteiger partial charge in [0.15, 0.2) is 0 Å². The highest BCUT2D eigenvalue weighted by molar-refractivity contribution is 5.96. The lowest BCUT2D eigenvalue weighted by Gasteiger charge is -2.30. The summed E-state index contributed by atoms with van der Waals surface area (Å²) in [7, 11) is 0. The molecule has 2 aliphatic carbocycles. The Morgan fingerprint density at radius 3 is 2.68 bits per heavy atom. The summed E-state index contributed by atoms with van der Waals surface area (Å²) >= 11 is 0. The van der Waals surface area contributed by atoms with Crippen LogP contribution in [0.5, 0.6) is 5.75 Å². The summed E-state index contributed by atoms with van der Waals surface area (Å²) in [5, 5.41) is 17.1. The number of urea groups is 1. The Bertz CT molecular complexity index is 1460. The van der Waals surface area contributed by atoms with Gasteiger partial charge in [0.05, 0.1) is 16.8 Å². The molecule has 2 aromatic heterocycles. The maximum absolute atomic E-state index is 12.4. The maximum Gasteiger partial charge on any atom is 0.319 e. The van der Waals surface area contributed by atoms with E-state index in [0.29, 0.717) is 24.1 Å². The van der Waals surface area contributed by atoms with Crippen molar-refractivity contribution in [2.75, 3.05) is 5.32 Å². The van der Waals surface area contributed by atoms with Crippen molar-refractivity contribution in [2.45, 2.75) is 57.7 Å². The minimum atomic E-state index is -0.185. The zero-order valence-corrected chi connectivity index (χ0v) is 20.8. The zero-order valence-electron chi connectivity index (χ0n) is 20.8. The molecular formula is C29H30N6O2. The van der Waals surface area contributed by atoms with Gasteiger partial charge in [-0.05, 0) is 74.8 Å². The van der Waals surface area contributed by atoms with E-state index in [2.05, 4.69) is 38.2 Å². The molecule has 1 atom stereocenters. The molecule has 3 N–H and O–H groups in total. The molecule has 188 valence electrons. The van der Waals surface area contributed by atoms with E-state index >= 15 is 0 Å². The number of hydrogen-bond donors (Lipinski definition) is 3. The molecule has 37 heavy (non-hydrogen) atoms. The number of aromatic amines is 1. The van der Waals surface area contributed by atoms with Gasteiger partial charge in [-0.3, -0.25) is 0 Å². The van der Waals surface area contributed by atoms with Crippen LogP contribution in [-0.4, -0.2) is 26.6 Å². The van der Waals surface area contributed by atoms with E-state index in [0.717, 1.165) is 52.3 Å². The van der Waals surface area contributed by atoms with Gasteiger partial charge in [-0.25, -0.2) is 9.78 Å². The third-order valence-corrected chi connectivity index (χ3v) is 7.56. The number of amides is 2. The van der Waals surface area contributed by atoms with Crippen molar-refractivity contribution < 1.29 is 9.53 Å². The quantitative estimate of drug-likeness (QED) is 0.274.